The van der Waals surface area contributed by atoms with Gasteiger partial charge in [-0.15, -0.1) is 0 Å². The van der Waals surface area contributed by atoms with E-state index in [-0.39, 0.29) is 23.0 Å². The number of fused-ring (bicyclic) bond motifs is 2. The van der Waals surface area contributed by atoms with Crippen molar-refractivity contribution < 1.29 is 4.79 Å². The van der Waals surface area contributed by atoms with Crippen molar-refractivity contribution in [1.82, 2.24) is 18.9 Å². The Morgan fingerprint density at radius 2 is 1.81 bits per heavy atom. The largest absolute Gasteiger partial charge is 0.338 e. The standard InChI is InChI=1S/C25H31N5O2/c1-16-12-17(2)15-28(14-16)24(31)19-13-20-23(27-21-10-6-7-11-29(21)25(20)32)30(22(19)26)18-8-4-3-5-9-18/h6-7,10-11,13,16-18,26H,3-5,8-9,12,14-15H2,1-2H3. The monoisotopic (exact) mass is 433 g/mol. The molecule has 2 atom stereocenters. The van der Waals surface area contributed by atoms with Gasteiger partial charge in [-0.1, -0.05) is 39.2 Å². The molecule has 0 aromatic carbocycles. The summed E-state index contributed by atoms with van der Waals surface area (Å²) in [7, 11) is 0. The highest BCUT2D eigenvalue weighted by atomic mass is 16.2. The number of carbonyl (C=O) groups excluding carboxylic acids is 1. The van der Waals surface area contributed by atoms with Crippen LogP contribution in [0, 0.1) is 17.2 Å². The van der Waals surface area contributed by atoms with Crippen LogP contribution in [-0.4, -0.2) is 37.8 Å². The van der Waals surface area contributed by atoms with E-state index in [0.717, 1.165) is 32.1 Å². The second kappa shape index (κ2) is 8.19. The number of nitrogens with one attached hydrogen (secondary N) is 1. The number of hydrogen-bond acceptors (Lipinski definition) is 4. The minimum Gasteiger partial charge on any atom is -0.338 e. The van der Waals surface area contributed by atoms with Gasteiger partial charge < -0.3 is 9.47 Å². The molecule has 1 saturated heterocycles. The lowest BCUT2D eigenvalue weighted by molar-refractivity contribution is 0.0620. The number of rotatable bonds is 2. The van der Waals surface area contributed by atoms with Crippen molar-refractivity contribution in [2.75, 3.05) is 13.1 Å². The van der Waals surface area contributed by atoms with Crippen LogP contribution in [0.25, 0.3) is 16.7 Å². The summed E-state index contributed by atoms with van der Waals surface area (Å²) < 4.78 is 3.41. The zero-order valence-electron chi connectivity index (χ0n) is 18.9. The lowest BCUT2D eigenvalue weighted by atomic mass is 9.91. The van der Waals surface area contributed by atoms with Gasteiger partial charge in [0.25, 0.3) is 11.5 Å². The average molecular weight is 434 g/mol. The van der Waals surface area contributed by atoms with E-state index in [0.29, 0.717) is 47.2 Å². The average Bonchev–Trinajstić information content (AvgIpc) is 2.78. The number of nitrogens with zero attached hydrogens (tertiary/aromatic N) is 4. The van der Waals surface area contributed by atoms with E-state index in [1.165, 1.54) is 10.8 Å². The first-order valence-electron chi connectivity index (χ1n) is 11.8. The van der Waals surface area contributed by atoms with Gasteiger partial charge in [0.15, 0.2) is 0 Å². The molecule has 7 heteroatoms. The molecule has 4 heterocycles. The number of amides is 1. The van der Waals surface area contributed by atoms with Crippen LogP contribution in [0.4, 0.5) is 0 Å². The maximum absolute atomic E-state index is 13.6. The van der Waals surface area contributed by atoms with Gasteiger partial charge in [0, 0.05) is 25.3 Å². The summed E-state index contributed by atoms with van der Waals surface area (Å²) in [5.74, 6) is 0.718. The van der Waals surface area contributed by atoms with Gasteiger partial charge in [-0.2, -0.15) is 0 Å². The van der Waals surface area contributed by atoms with Gasteiger partial charge in [-0.25, -0.2) is 4.98 Å². The number of pyridine rings is 2. The predicted molar refractivity (Wildman–Crippen MR) is 124 cm³/mol. The minimum absolute atomic E-state index is 0.0868. The molecule has 3 aromatic rings. The van der Waals surface area contributed by atoms with Crippen LogP contribution in [-0.2, 0) is 0 Å². The van der Waals surface area contributed by atoms with E-state index in [4.69, 9.17) is 10.4 Å². The van der Waals surface area contributed by atoms with E-state index in [2.05, 4.69) is 13.8 Å². The lowest BCUT2D eigenvalue weighted by Crippen LogP contribution is -2.45. The number of aromatic nitrogens is 3. The van der Waals surface area contributed by atoms with E-state index in [1.54, 1.807) is 18.3 Å². The maximum atomic E-state index is 13.6. The number of likely N-dealkylation sites (tertiary alicyclic amines) is 1. The predicted octanol–water partition coefficient (Wildman–Crippen LogP) is 3.75. The van der Waals surface area contributed by atoms with Gasteiger partial charge >= 0.3 is 0 Å². The van der Waals surface area contributed by atoms with Gasteiger partial charge in [0.05, 0.1) is 10.9 Å². The fourth-order valence-corrected chi connectivity index (χ4v) is 5.71. The van der Waals surface area contributed by atoms with E-state index < -0.39 is 0 Å². The minimum atomic E-state index is -0.190. The smallest absolute Gasteiger partial charge is 0.267 e. The second-order valence-corrected chi connectivity index (χ2v) is 9.81. The Labute approximate surface area is 187 Å². The molecule has 1 aliphatic heterocycles. The second-order valence-electron chi connectivity index (χ2n) is 9.81. The molecule has 1 aliphatic carbocycles. The molecule has 2 aliphatic rings. The van der Waals surface area contributed by atoms with Crippen molar-refractivity contribution in [3.8, 4) is 0 Å². The van der Waals surface area contributed by atoms with Crippen molar-refractivity contribution in [3.05, 3.63) is 51.9 Å². The number of hydrogen-bond donors (Lipinski definition) is 1. The van der Waals surface area contributed by atoms with Crippen LogP contribution in [0.2, 0.25) is 0 Å². The van der Waals surface area contributed by atoms with Gasteiger partial charge in [-0.3, -0.25) is 19.4 Å². The molecule has 1 saturated carbocycles. The summed E-state index contributed by atoms with van der Waals surface area (Å²) >= 11 is 0. The summed E-state index contributed by atoms with van der Waals surface area (Å²) in [5, 5.41) is 9.47. The highest BCUT2D eigenvalue weighted by Gasteiger charge is 2.29. The number of piperidine rings is 1. The van der Waals surface area contributed by atoms with Gasteiger partial charge in [0.1, 0.15) is 16.8 Å². The van der Waals surface area contributed by atoms with Crippen LogP contribution in [0.3, 0.4) is 0 Å². The zero-order chi connectivity index (χ0) is 22.4. The highest BCUT2D eigenvalue weighted by Crippen LogP contribution is 2.29. The number of carbonyl (C=O) groups is 1. The summed E-state index contributed by atoms with van der Waals surface area (Å²) in [6.45, 7) is 5.73. The van der Waals surface area contributed by atoms with E-state index >= 15 is 0 Å². The molecule has 0 spiro atoms. The Morgan fingerprint density at radius 3 is 2.53 bits per heavy atom. The molecule has 5 rings (SSSR count). The molecular formula is C25H31N5O2. The lowest BCUT2D eigenvalue weighted by Gasteiger charge is -2.35. The Kier molecular flexibility index (Phi) is 5.35. The van der Waals surface area contributed by atoms with Crippen molar-refractivity contribution in [2.24, 2.45) is 11.8 Å². The third kappa shape index (κ3) is 3.53. The fourth-order valence-electron chi connectivity index (χ4n) is 5.71. The van der Waals surface area contributed by atoms with Crippen molar-refractivity contribution in [1.29, 1.82) is 5.41 Å². The molecule has 168 valence electrons. The molecule has 0 radical (unpaired) electrons. The van der Waals surface area contributed by atoms with Crippen LogP contribution < -0.4 is 11.0 Å². The Bertz CT molecular complexity index is 1290. The summed E-state index contributed by atoms with van der Waals surface area (Å²) in [5.41, 5.74) is 1.40. The fraction of sp³-hybridized carbons (Fsp3) is 0.520. The molecule has 7 nitrogen and oxygen atoms in total. The van der Waals surface area contributed by atoms with Crippen LogP contribution >= 0.6 is 0 Å². The van der Waals surface area contributed by atoms with E-state index in [9.17, 15) is 9.59 Å². The zero-order valence-corrected chi connectivity index (χ0v) is 18.9. The quantitative estimate of drug-likeness (QED) is 0.625. The van der Waals surface area contributed by atoms with E-state index in [1.807, 2.05) is 21.6 Å². The molecule has 1 N–H and O–H groups in total. The Hall–Kier alpha value is -2.96. The SMILES string of the molecule is CC1CC(C)CN(C(=O)c2cc3c(=O)n4ccccc4nc3n(C3CCCCC3)c2=N)C1. The van der Waals surface area contributed by atoms with Crippen molar-refractivity contribution >= 4 is 22.6 Å². The van der Waals surface area contributed by atoms with Crippen LogP contribution in [0.5, 0.6) is 0 Å². The first-order valence-corrected chi connectivity index (χ1v) is 11.8. The van der Waals surface area contributed by atoms with Gasteiger partial charge in [0.2, 0.25) is 0 Å². The first kappa shape index (κ1) is 20.9. The third-order valence-corrected chi connectivity index (χ3v) is 7.09. The summed E-state index contributed by atoms with van der Waals surface area (Å²) in [6.07, 6.45) is 8.06. The third-order valence-electron chi connectivity index (χ3n) is 7.09. The van der Waals surface area contributed by atoms with Crippen molar-refractivity contribution in [3.63, 3.8) is 0 Å². The molecular weight excluding hydrogens is 402 g/mol. The van der Waals surface area contributed by atoms with Gasteiger partial charge in [-0.05, 0) is 49.3 Å². The Morgan fingerprint density at radius 1 is 1.09 bits per heavy atom. The molecule has 3 aromatic heterocycles. The summed E-state index contributed by atoms with van der Waals surface area (Å²) in [6, 6.07) is 7.18. The maximum Gasteiger partial charge on any atom is 0.267 e. The molecule has 32 heavy (non-hydrogen) atoms. The highest BCUT2D eigenvalue weighted by molar-refractivity contribution is 5.97. The topological polar surface area (TPSA) is 83.5 Å². The first-order chi connectivity index (χ1) is 15.4. The Balaban J connectivity index is 1.75. The summed E-state index contributed by atoms with van der Waals surface area (Å²) in [4.78, 5) is 33.7. The van der Waals surface area contributed by atoms with Crippen LogP contribution in [0.15, 0.2) is 35.3 Å². The molecule has 1 amide bonds. The van der Waals surface area contributed by atoms with Crippen molar-refractivity contribution in [2.45, 2.75) is 58.4 Å². The van der Waals surface area contributed by atoms with Crippen LogP contribution in [0.1, 0.15) is 68.8 Å². The molecule has 2 unspecified atom stereocenters. The molecule has 2 fully saturated rings. The molecule has 0 bridgehead atoms. The normalized spacial score (nSPS) is 22.5.